The fourth-order valence-corrected chi connectivity index (χ4v) is 8.60. The molecule has 0 heterocycles. The molecule has 0 aromatic heterocycles. The Hall–Kier alpha value is -1.09. The summed E-state index contributed by atoms with van der Waals surface area (Å²) in [6.45, 7) is 2.21. The minimum Gasteiger partial charge on any atom is -0.406 e. The number of hydrogen-bond donors (Lipinski definition) is 0. The molecule has 8 heteroatoms. The summed E-state index contributed by atoms with van der Waals surface area (Å²) in [5.41, 5.74) is 1.42. The van der Waals surface area contributed by atoms with Crippen LogP contribution in [-0.4, -0.2) is 36.5 Å². The van der Waals surface area contributed by atoms with Crippen LogP contribution in [-0.2, 0) is 13.3 Å². The Bertz CT molecular complexity index is 684. The van der Waals surface area contributed by atoms with Crippen molar-refractivity contribution in [3.8, 4) is 5.75 Å². The van der Waals surface area contributed by atoms with Gasteiger partial charge in [-0.1, -0.05) is 19.1 Å². The maximum absolute atomic E-state index is 12.4. The van der Waals surface area contributed by atoms with E-state index in [1.54, 1.807) is 33.5 Å². The van der Waals surface area contributed by atoms with Gasteiger partial charge in [0.15, 0.2) is 0 Å². The summed E-state index contributed by atoms with van der Waals surface area (Å²) in [4.78, 5) is 0. The first-order chi connectivity index (χ1) is 15.2. The molecule has 2 aliphatic carbocycles. The minimum atomic E-state index is -4.64. The quantitative estimate of drug-likeness (QED) is 0.383. The molecule has 0 N–H and O–H groups in total. The second kappa shape index (κ2) is 10.9. The molecule has 32 heavy (non-hydrogen) atoms. The Morgan fingerprint density at radius 1 is 0.781 bits per heavy atom. The zero-order chi connectivity index (χ0) is 23.4. The molecule has 0 saturated heterocycles. The van der Waals surface area contributed by atoms with Gasteiger partial charge in [0, 0.05) is 26.9 Å². The van der Waals surface area contributed by atoms with E-state index in [-0.39, 0.29) is 5.75 Å². The van der Waals surface area contributed by atoms with Crippen molar-refractivity contribution in [1.82, 2.24) is 0 Å². The Labute approximate surface area is 191 Å². The molecule has 0 aliphatic heterocycles. The summed E-state index contributed by atoms with van der Waals surface area (Å²) in [6, 6.07) is 6.44. The standard InChI is InChI=1S/C24H37F3O4Si/c1-17(32(28-2,29-3)30-4)18-5-7-19(8-6-18)20-9-11-21(12-10-20)22-13-15-23(16-14-22)31-24(25,26)27/h13-21H,5-12H2,1-4H3/t17?,18-,19-,20?,21?. The van der Waals surface area contributed by atoms with Crippen LogP contribution in [0.3, 0.4) is 0 Å². The first-order valence-corrected chi connectivity index (χ1v) is 13.5. The predicted octanol–water partition coefficient (Wildman–Crippen LogP) is 6.93. The third-order valence-electron chi connectivity index (χ3n) is 7.96. The normalized spacial score (nSPS) is 28.3. The lowest BCUT2D eigenvalue weighted by atomic mass is 9.68. The van der Waals surface area contributed by atoms with E-state index >= 15 is 0 Å². The second-order valence-electron chi connectivity index (χ2n) is 9.41. The van der Waals surface area contributed by atoms with Crippen LogP contribution >= 0.6 is 0 Å². The van der Waals surface area contributed by atoms with Crippen molar-refractivity contribution < 1.29 is 31.2 Å². The summed E-state index contributed by atoms with van der Waals surface area (Å²) in [6.07, 6.45) is 4.84. The van der Waals surface area contributed by atoms with Crippen LogP contribution in [0.25, 0.3) is 0 Å². The molecule has 0 spiro atoms. The summed E-state index contributed by atoms with van der Waals surface area (Å²) in [7, 11) is 2.47. The van der Waals surface area contributed by atoms with Crippen molar-refractivity contribution in [1.29, 1.82) is 0 Å². The molecule has 4 nitrogen and oxygen atoms in total. The minimum absolute atomic E-state index is 0.150. The van der Waals surface area contributed by atoms with Crippen molar-refractivity contribution in [2.45, 2.75) is 76.1 Å². The maximum Gasteiger partial charge on any atom is 0.573 e. The molecular formula is C24H37F3O4Si. The van der Waals surface area contributed by atoms with E-state index in [1.807, 2.05) is 0 Å². The fourth-order valence-electron chi connectivity index (χ4n) is 6.08. The lowest BCUT2D eigenvalue weighted by Gasteiger charge is -2.41. The lowest BCUT2D eigenvalue weighted by Crippen LogP contribution is -2.49. The SMILES string of the molecule is CO[Si](OC)(OC)C(C)[C@H]1CC[C@H](C2CCC(c3ccc(OC(F)(F)F)cc3)CC2)CC1. The van der Waals surface area contributed by atoms with Crippen molar-refractivity contribution in [2.75, 3.05) is 21.3 Å². The highest BCUT2D eigenvalue weighted by atomic mass is 28.4. The van der Waals surface area contributed by atoms with E-state index in [0.29, 0.717) is 17.4 Å². The molecule has 3 rings (SSSR count). The van der Waals surface area contributed by atoms with Crippen molar-refractivity contribution in [3.05, 3.63) is 29.8 Å². The van der Waals surface area contributed by atoms with Gasteiger partial charge in [0.05, 0.1) is 0 Å². The molecule has 182 valence electrons. The molecule has 1 aromatic carbocycles. The average molecular weight is 475 g/mol. The van der Waals surface area contributed by atoms with Gasteiger partial charge in [0.2, 0.25) is 0 Å². The zero-order valence-corrected chi connectivity index (χ0v) is 20.6. The second-order valence-corrected chi connectivity index (χ2v) is 12.8. The smallest absolute Gasteiger partial charge is 0.406 e. The van der Waals surface area contributed by atoms with Crippen LogP contribution in [0.4, 0.5) is 13.2 Å². The van der Waals surface area contributed by atoms with Gasteiger partial charge < -0.3 is 18.0 Å². The predicted molar refractivity (Wildman–Crippen MR) is 119 cm³/mol. The summed E-state index contributed by atoms with van der Waals surface area (Å²) < 4.78 is 58.2. The van der Waals surface area contributed by atoms with Gasteiger partial charge in [-0.25, -0.2) is 0 Å². The molecule has 1 unspecified atom stereocenters. The van der Waals surface area contributed by atoms with Gasteiger partial charge >= 0.3 is 15.2 Å². The molecule has 0 radical (unpaired) electrons. The Morgan fingerprint density at radius 2 is 1.25 bits per heavy atom. The van der Waals surface area contributed by atoms with Crippen LogP contribution in [0.5, 0.6) is 5.75 Å². The Balaban J connectivity index is 1.47. The monoisotopic (exact) mass is 474 g/mol. The highest BCUT2D eigenvalue weighted by molar-refractivity contribution is 6.62. The van der Waals surface area contributed by atoms with E-state index in [2.05, 4.69) is 11.7 Å². The van der Waals surface area contributed by atoms with E-state index in [4.69, 9.17) is 13.3 Å². The van der Waals surface area contributed by atoms with Gasteiger partial charge in [-0.2, -0.15) is 0 Å². The fraction of sp³-hybridized carbons (Fsp3) is 0.750. The zero-order valence-electron chi connectivity index (χ0n) is 19.6. The van der Waals surface area contributed by atoms with Crippen LogP contribution in [0.2, 0.25) is 5.54 Å². The molecule has 2 aliphatic rings. The number of hydrogen-bond acceptors (Lipinski definition) is 4. The molecule has 0 bridgehead atoms. The third-order valence-corrected chi connectivity index (χ3v) is 11.3. The Morgan fingerprint density at radius 3 is 1.69 bits per heavy atom. The van der Waals surface area contributed by atoms with Gasteiger partial charge in [-0.15, -0.1) is 13.2 Å². The van der Waals surface area contributed by atoms with Crippen molar-refractivity contribution in [2.24, 2.45) is 17.8 Å². The number of rotatable bonds is 8. The average Bonchev–Trinajstić information content (AvgIpc) is 2.80. The maximum atomic E-state index is 12.4. The van der Waals surface area contributed by atoms with Crippen LogP contribution < -0.4 is 4.74 Å². The van der Waals surface area contributed by atoms with Crippen LogP contribution in [0.1, 0.15) is 69.8 Å². The summed E-state index contributed by atoms with van der Waals surface area (Å²) in [5, 5.41) is 0. The molecule has 1 atom stereocenters. The summed E-state index contributed by atoms with van der Waals surface area (Å²) in [5.74, 6) is 2.38. The largest absolute Gasteiger partial charge is 0.573 e. The van der Waals surface area contributed by atoms with Gasteiger partial charge in [0.25, 0.3) is 0 Å². The number of ether oxygens (including phenoxy) is 1. The first kappa shape index (κ1) is 25.5. The first-order valence-electron chi connectivity index (χ1n) is 11.7. The molecule has 2 saturated carbocycles. The molecular weight excluding hydrogens is 437 g/mol. The van der Waals surface area contributed by atoms with Crippen LogP contribution in [0, 0.1) is 17.8 Å². The third kappa shape index (κ3) is 6.07. The lowest BCUT2D eigenvalue weighted by molar-refractivity contribution is -0.274. The van der Waals surface area contributed by atoms with E-state index < -0.39 is 15.2 Å². The summed E-state index contributed by atoms with van der Waals surface area (Å²) >= 11 is 0. The highest BCUT2D eigenvalue weighted by Crippen LogP contribution is 2.47. The molecule has 0 amide bonds. The van der Waals surface area contributed by atoms with E-state index in [1.165, 1.54) is 50.7 Å². The number of alkyl halides is 3. The molecule has 2 fully saturated rings. The van der Waals surface area contributed by atoms with Crippen molar-refractivity contribution >= 4 is 8.80 Å². The van der Waals surface area contributed by atoms with E-state index in [9.17, 15) is 13.2 Å². The highest BCUT2D eigenvalue weighted by Gasteiger charge is 2.49. The van der Waals surface area contributed by atoms with E-state index in [0.717, 1.165) is 30.2 Å². The van der Waals surface area contributed by atoms with Crippen LogP contribution in [0.15, 0.2) is 24.3 Å². The van der Waals surface area contributed by atoms with Crippen molar-refractivity contribution in [3.63, 3.8) is 0 Å². The topological polar surface area (TPSA) is 36.9 Å². The van der Waals surface area contributed by atoms with Gasteiger partial charge in [-0.05, 0) is 92.7 Å². The molecule has 1 aromatic rings. The van der Waals surface area contributed by atoms with Gasteiger partial charge in [-0.3, -0.25) is 0 Å². The number of benzene rings is 1. The number of halogens is 3. The Kier molecular flexibility index (Phi) is 8.69. The van der Waals surface area contributed by atoms with Gasteiger partial charge in [0.1, 0.15) is 5.75 Å².